The van der Waals surface area contributed by atoms with Gasteiger partial charge < -0.3 is 15.8 Å². The molecule has 6 heteroatoms. The van der Waals surface area contributed by atoms with Crippen molar-refractivity contribution in [2.24, 2.45) is 0 Å². The molecule has 0 radical (unpaired) electrons. The van der Waals surface area contributed by atoms with Crippen LogP contribution in [0.1, 0.15) is 12.1 Å². The first kappa shape index (κ1) is 11.7. The second-order valence-electron chi connectivity index (χ2n) is 4.50. The van der Waals surface area contributed by atoms with E-state index in [0.29, 0.717) is 23.9 Å². The van der Waals surface area contributed by atoms with Crippen LogP contribution in [-0.4, -0.2) is 29.2 Å². The molecule has 96 valence electrons. The summed E-state index contributed by atoms with van der Waals surface area (Å²) in [6.45, 7) is 1.40. The molecular formula is C13H13N5O. The van der Waals surface area contributed by atoms with Crippen molar-refractivity contribution < 1.29 is 4.74 Å². The van der Waals surface area contributed by atoms with E-state index in [1.807, 2.05) is 0 Å². The highest BCUT2D eigenvalue weighted by Crippen LogP contribution is 2.25. The zero-order valence-corrected chi connectivity index (χ0v) is 10.3. The normalized spacial score (nSPS) is 18.4. The number of nitriles is 1. The van der Waals surface area contributed by atoms with Gasteiger partial charge in [-0.15, -0.1) is 0 Å². The van der Waals surface area contributed by atoms with Crippen molar-refractivity contribution in [2.75, 3.05) is 24.3 Å². The number of anilines is 2. The second-order valence-corrected chi connectivity index (χ2v) is 4.50. The number of nitrogens with two attached hydrogens (primary N) is 1. The molecule has 19 heavy (non-hydrogen) atoms. The van der Waals surface area contributed by atoms with E-state index < -0.39 is 0 Å². The Morgan fingerprint density at radius 2 is 2.37 bits per heavy atom. The van der Waals surface area contributed by atoms with Gasteiger partial charge in [0.15, 0.2) is 0 Å². The van der Waals surface area contributed by atoms with E-state index in [2.05, 4.69) is 21.4 Å². The number of ether oxygens (including phenoxy) is 1. The van der Waals surface area contributed by atoms with E-state index in [9.17, 15) is 0 Å². The standard InChI is InChI=1S/C13H13N5O/c14-5-10-3-8-6-16-12(15)4-11(8)13(18-10)17-9-1-2-19-7-9/h3-4,6,9H,1-2,7H2,(H2,15,16)(H,17,18)/t9-/m1/s1. The summed E-state index contributed by atoms with van der Waals surface area (Å²) in [6, 6.07) is 5.75. The van der Waals surface area contributed by atoms with Crippen molar-refractivity contribution in [1.29, 1.82) is 5.26 Å². The van der Waals surface area contributed by atoms with Gasteiger partial charge in [-0.25, -0.2) is 9.97 Å². The Morgan fingerprint density at radius 3 is 3.11 bits per heavy atom. The van der Waals surface area contributed by atoms with Crippen molar-refractivity contribution in [3.05, 3.63) is 24.0 Å². The van der Waals surface area contributed by atoms with Crippen molar-refractivity contribution in [1.82, 2.24) is 9.97 Å². The van der Waals surface area contributed by atoms with Crippen LogP contribution in [0.25, 0.3) is 10.8 Å². The molecule has 0 spiro atoms. The molecule has 0 saturated carbocycles. The molecule has 6 nitrogen and oxygen atoms in total. The molecule has 1 aliphatic heterocycles. The van der Waals surface area contributed by atoms with E-state index >= 15 is 0 Å². The molecule has 1 aliphatic rings. The van der Waals surface area contributed by atoms with Crippen molar-refractivity contribution >= 4 is 22.4 Å². The number of hydrogen-bond donors (Lipinski definition) is 2. The Hall–Kier alpha value is -2.39. The van der Waals surface area contributed by atoms with Gasteiger partial charge in [-0.2, -0.15) is 5.26 Å². The van der Waals surface area contributed by atoms with Crippen LogP contribution in [0, 0.1) is 11.3 Å². The summed E-state index contributed by atoms with van der Waals surface area (Å²) in [6.07, 6.45) is 2.59. The third-order valence-corrected chi connectivity index (χ3v) is 3.12. The van der Waals surface area contributed by atoms with Crippen LogP contribution in [0.15, 0.2) is 18.3 Å². The molecule has 0 amide bonds. The SMILES string of the molecule is N#Cc1cc2cnc(N)cc2c(N[C@@H]2CCOC2)n1. The van der Waals surface area contributed by atoms with Gasteiger partial charge in [0.05, 0.1) is 12.6 Å². The van der Waals surface area contributed by atoms with Crippen LogP contribution in [0.2, 0.25) is 0 Å². The number of hydrogen-bond acceptors (Lipinski definition) is 6. The van der Waals surface area contributed by atoms with Gasteiger partial charge in [0.25, 0.3) is 0 Å². The van der Waals surface area contributed by atoms with Gasteiger partial charge in [-0.3, -0.25) is 0 Å². The first-order chi connectivity index (χ1) is 9.26. The Kier molecular flexibility index (Phi) is 2.89. The molecule has 2 aromatic rings. The molecule has 0 bridgehead atoms. The van der Waals surface area contributed by atoms with Crippen LogP contribution in [-0.2, 0) is 4.74 Å². The Morgan fingerprint density at radius 1 is 1.47 bits per heavy atom. The minimum atomic E-state index is 0.221. The zero-order chi connectivity index (χ0) is 13.2. The summed E-state index contributed by atoms with van der Waals surface area (Å²) >= 11 is 0. The molecule has 0 aliphatic carbocycles. The predicted molar refractivity (Wildman–Crippen MR) is 71.5 cm³/mol. The smallest absolute Gasteiger partial charge is 0.143 e. The number of rotatable bonds is 2. The van der Waals surface area contributed by atoms with Crippen molar-refractivity contribution in [3.63, 3.8) is 0 Å². The molecule has 0 unspecified atom stereocenters. The molecule has 1 fully saturated rings. The van der Waals surface area contributed by atoms with Gasteiger partial charge in [-0.05, 0) is 18.6 Å². The number of pyridine rings is 2. The van der Waals surface area contributed by atoms with Gasteiger partial charge in [0, 0.05) is 23.6 Å². The fourth-order valence-electron chi connectivity index (χ4n) is 2.17. The van der Waals surface area contributed by atoms with Gasteiger partial charge >= 0.3 is 0 Å². The van der Waals surface area contributed by atoms with E-state index in [4.69, 9.17) is 15.7 Å². The van der Waals surface area contributed by atoms with Crippen molar-refractivity contribution in [2.45, 2.75) is 12.5 Å². The minimum absolute atomic E-state index is 0.221. The minimum Gasteiger partial charge on any atom is -0.384 e. The van der Waals surface area contributed by atoms with Crippen LogP contribution >= 0.6 is 0 Å². The molecule has 3 rings (SSSR count). The zero-order valence-electron chi connectivity index (χ0n) is 10.3. The molecular weight excluding hydrogens is 242 g/mol. The number of nitrogens with one attached hydrogen (secondary N) is 1. The fourth-order valence-corrected chi connectivity index (χ4v) is 2.17. The highest BCUT2D eigenvalue weighted by Gasteiger charge is 2.17. The lowest BCUT2D eigenvalue weighted by Gasteiger charge is -2.14. The monoisotopic (exact) mass is 255 g/mol. The summed E-state index contributed by atoms with van der Waals surface area (Å²) in [5.74, 6) is 1.10. The maximum Gasteiger partial charge on any atom is 0.143 e. The van der Waals surface area contributed by atoms with Crippen LogP contribution in [0.3, 0.4) is 0 Å². The number of nitrogen functional groups attached to an aromatic ring is 1. The quantitative estimate of drug-likeness (QED) is 0.839. The Balaban J connectivity index is 2.08. The van der Waals surface area contributed by atoms with E-state index in [0.717, 1.165) is 23.8 Å². The summed E-state index contributed by atoms with van der Waals surface area (Å²) in [5.41, 5.74) is 6.08. The lowest BCUT2D eigenvalue weighted by Crippen LogP contribution is -2.20. The summed E-state index contributed by atoms with van der Waals surface area (Å²) < 4.78 is 5.33. The number of aromatic nitrogens is 2. The average molecular weight is 255 g/mol. The Labute approximate surface area is 110 Å². The number of fused-ring (bicyclic) bond motifs is 1. The first-order valence-corrected chi connectivity index (χ1v) is 6.07. The largest absolute Gasteiger partial charge is 0.384 e. The van der Waals surface area contributed by atoms with E-state index in [1.165, 1.54) is 0 Å². The number of nitrogens with zero attached hydrogens (tertiary/aromatic N) is 3. The topological polar surface area (TPSA) is 96.9 Å². The highest BCUT2D eigenvalue weighted by molar-refractivity contribution is 5.93. The van der Waals surface area contributed by atoms with Crippen LogP contribution < -0.4 is 11.1 Å². The third-order valence-electron chi connectivity index (χ3n) is 3.12. The summed E-state index contributed by atoms with van der Waals surface area (Å²) in [4.78, 5) is 8.36. The molecule has 3 heterocycles. The first-order valence-electron chi connectivity index (χ1n) is 6.07. The highest BCUT2D eigenvalue weighted by atomic mass is 16.5. The molecule has 2 aromatic heterocycles. The summed E-state index contributed by atoms with van der Waals surface area (Å²) in [5, 5.41) is 14.1. The summed E-state index contributed by atoms with van der Waals surface area (Å²) in [7, 11) is 0. The van der Waals surface area contributed by atoms with Gasteiger partial charge in [-0.1, -0.05) is 0 Å². The van der Waals surface area contributed by atoms with E-state index in [-0.39, 0.29) is 6.04 Å². The lowest BCUT2D eigenvalue weighted by molar-refractivity contribution is 0.195. The second kappa shape index (κ2) is 4.71. The van der Waals surface area contributed by atoms with Crippen LogP contribution in [0.5, 0.6) is 0 Å². The molecule has 1 saturated heterocycles. The average Bonchev–Trinajstić information content (AvgIpc) is 2.92. The van der Waals surface area contributed by atoms with Crippen LogP contribution in [0.4, 0.5) is 11.6 Å². The fraction of sp³-hybridized carbons (Fsp3) is 0.308. The Bertz CT molecular complexity index is 658. The third kappa shape index (κ3) is 2.28. The van der Waals surface area contributed by atoms with E-state index in [1.54, 1.807) is 18.3 Å². The molecule has 3 N–H and O–H groups in total. The van der Waals surface area contributed by atoms with Gasteiger partial charge in [0.1, 0.15) is 23.4 Å². The molecule has 0 aromatic carbocycles. The van der Waals surface area contributed by atoms with Crippen molar-refractivity contribution in [3.8, 4) is 6.07 Å². The molecule has 1 atom stereocenters. The lowest BCUT2D eigenvalue weighted by atomic mass is 10.1. The maximum atomic E-state index is 9.03. The maximum absolute atomic E-state index is 9.03. The predicted octanol–water partition coefficient (Wildman–Crippen LogP) is 1.28. The van der Waals surface area contributed by atoms with Gasteiger partial charge in [0.2, 0.25) is 0 Å².